The first-order valence-corrected chi connectivity index (χ1v) is 15.6. The molecule has 0 aromatic carbocycles. The van der Waals surface area contributed by atoms with Crippen molar-refractivity contribution in [2.24, 2.45) is 0 Å². The first kappa shape index (κ1) is 33.9. The van der Waals surface area contributed by atoms with E-state index in [0.29, 0.717) is 11.2 Å². The smallest absolute Gasteiger partial charge is 0.372 e. The van der Waals surface area contributed by atoms with Crippen molar-refractivity contribution >= 4 is 32.2 Å². The van der Waals surface area contributed by atoms with E-state index < -0.39 is 87.5 Å². The number of rotatable bonds is 6. The molecule has 2 fully saturated rings. The third-order valence-corrected chi connectivity index (χ3v) is 10.8. The fraction of sp³-hybridized carbons (Fsp3) is 0.550. The van der Waals surface area contributed by atoms with Gasteiger partial charge in [0.25, 0.3) is 10.6 Å². The molecule has 24 heteroatoms. The van der Waals surface area contributed by atoms with Crippen molar-refractivity contribution in [3.05, 3.63) is 45.3 Å². The van der Waals surface area contributed by atoms with Crippen molar-refractivity contribution in [2.45, 2.75) is 61.4 Å². The maximum absolute atomic E-state index is 11.8. The number of hydrogen-bond acceptors (Lipinski definition) is 15. The lowest BCUT2D eigenvalue weighted by Gasteiger charge is -2.35. The Morgan fingerprint density at radius 1 is 1.05 bits per heavy atom. The molecule has 7 atom stereocenters. The molecule has 0 amide bonds. The minimum absolute atomic E-state index is 0.0707. The van der Waals surface area contributed by atoms with Crippen LogP contribution in [0.3, 0.4) is 0 Å². The molecule has 5 rings (SSSR count). The first-order chi connectivity index (χ1) is 20.3. The second-order valence-corrected chi connectivity index (χ2v) is 13.8. The molecule has 22 nitrogen and oxygen atoms in total. The SMILES string of the molecule is Cc1cn([C@H]2C[C@H](O)[C@@H](C(O)(P(=O)(O)O)P(=O)(O)O)O2)c(=O)[nH]c1=O.Nc1ncnc2c1ncn2[C@@H]1O[C@H](CO)[C@@H](O)[C@H]1O. The van der Waals surface area contributed by atoms with Gasteiger partial charge in [0, 0.05) is 18.2 Å². The highest BCUT2D eigenvalue weighted by Crippen LogP contribution is 2.70. The minimum Gasteiger partial charge on any atom is -0.394 e. The zero-order valence-corrected chi connectivity index (χ0v) is 24.2. The van der Waals surface area contributed by atoms with Crippen LogP contribution in [0.5, 0.6) is 0 Å². The molecule has 0 saturated carbocycles. The summed E-state index contributed by atoms with van der Waals surface area (Å²) < 4.78 is 35.6. The molecule has 244 valence electrons. The zero-order valence-electron chi connectivity index (χ0n) is 22.4. The van der Waals surface area contributed by atoms with E-state index in [1.54, 1.807) is 0 Å². The number of aliphatic hydroxyl groups is 5. The van der Waals surface area contributed by atoms with Crippen LogP contribution in [0.1, 0.15) is 24.4 Å². The van der Waals surface area contributed by atoms with Crippen molar-refractivity contribution in [1.82, 2.24) is 29.1 Å². The highest BCUT2D eigenvalue weighted by molar-refractivity contribution is 7.72. The lowest BCUT2D eigenvalue weighted by molar-refractivity contribution is -0.0865. The molecule has 2 aliphatic rings. The highest BCUT2D eigenvalue weighted by atomic mass is 31.2. The summed E-state index contributed by atoms with van der Waals surface area (Å²) >= 11 is 0. The predicted octanol–water partition coefficient (Wildman–Crippen LogP) is -4.49. The number of fused-ring (bicyclic) bond motifs is 1. The highest BCUT2D eigenvalue weighted by Gasteiger charge is 2.68. The Balaban J connectivity index is 0.000000208. The van der Waals surface area contributed by atoms with Gasteiger partial charge in [-0.3, -0.25) is 28.0 Å². The molecule has 0 radical (unpaired) electrons. The van der Waals surface area contributed by atoms with Crippen LogP contribution in [0.2, 0.25) is 0 Å². The topological polar surface area (TPSA) is 359 Å². The number of imidazole rings is 1. The fourth-order valence-electron chi connectivity index (χ4n) is 4.64. The Hall–Kier alpha value is -2.95. The maximum Gasteiger partial charge on any atom is 0.372 e. The Bertz CT molecular complexity index is 1710. The number of hydrogen-bond donors (Lipinski definition) is 11. The van der Waals surface area contributed by atoms with E-state index in [0.717, 1.165) is 10.8 Å². The van der Waals surface area contributed by atoms with E-state index >= 15 is 0 Å². The molecule has 3 aromatic heterocycles. The molecule has 0 bridgehead atoms. The van der Waals surface area contributed by atoms with Gasteiger partial charge in [0.2, 0.25) is 0 Å². The third-order valence-electron chi connectivity index (χ3n) is 6.97. The van der Waals surface area contributed by atoms with Crippen LogP contribution in [0, 0.1) is 6.92 Å². The van der Waals surface area contributed by atoms with Gasteiger partial charge < -0.3 is 60.3 Å². The van der Waals surface area contributed by atoms with Crippen molar-refractivity contribution in [3.8, 4) is 0 Å². The van der Waals surface area contributed by atoms with E-state index in [9.17, 15) is 58.7 Å². The van der Waals surface area contributed by atoms with Crippen molar-refractivity contribution < 1.29 is 63.7 Å². The summed E-state index contributed by atoms with van der Waals surface area (Å²) in [6.45, 7) is 0.956. The number of nitrogens with one attached hydrogen (secondary N) is 1. The number of aliphatic hydroxyl groups excluding tert-OH is 4. The van der Waals surface area contributed by atoms with Gasteiger partial charge in [0.05, 0.1) is 19.0 Å². The van der Waals surface area contributed by atoms with Gasteiger partial charge >= 0.3 is 20.9 Å². The monoisotopic (exact) mass is 669 g/mol. The van der Waals surface area contributed by atoms with Gasteiger partial charge in [-0.1, -0.05) is 0 Å². The lowest BCUT2D eigenvalue weighted by atomic mass is 10.1. The summed E-state index contributed by atoms with van der Waals surface area (Å²) in [7, 11) is -11.8. The number of ether oxygens (including phenoxy) is 2. The van der Waals surface area contributed by atoms with Crippen LogP contribution in [-0.4, -0.2) is 116 Å². The van der Waals surface area contributed by atoms with Crippen LogP contribution in [-0.2, 0) is 18.6 Å². The molecule has 2 saturated heterocycles. The molecule has 0 aliphatic carbocycles. The van der Waals surface area contributed by atoms with Crippen molar-refractivity contribution in [3.63, 3.8) is 0 Å². The van der Waals surface area contributed by atoms with Gasteiger partial charge in [-0.05, 0) is 6.92 Å². The number of nitrogen functional groups attached to an aromatic ring is 1. The van der Waals surface area contributed by atoms with Gasteiger partial charge in [-0.25, -0.2) is 19.7 Å². The summed E-state index contributed by atoms with van der Waals surface area (Å²) in [5.74, 6) is 0.218. The number of aryl methyl sites for hydroxylation is 1. The Labute approximate surface area is 244 Å². The largest absolute Gasteiger partial charge is 0.394 e. The summed E-state index contributed by atoms with van der Waals surface area (Å²) in [4.78, 5) is 73.8. The molecule has 2 aliphatic heterocycles. The Morgan fingerprint density at radius 3 is 2.25 bits per heavy atom. The molecule has 0 spiro atoms. The van der Waals surface area contributed by atoms with E-state index in [-0.39, 0.29) is 11.4 Å². The van der Waals surface area contributed by atoms with Crippen LogP contribution in [0.4, 0.5) is 5.82 Å². The van der Waals surface area contributed by atoms with Gasteiger partial charge in [0.1, 0.15) is 42.5 Å². The Morgan fingerprint density at radius 2 is 1.68 bits per heavy atom. The van der Waals surface area contributed by atoms with E-state index in [1.807, 2.05) is 4.98 Å². The van der Waals surface area contributed by atoms with Crippen LogP contribution < -0.4 is 17.0 Å². The molecular weight excluding hydrogens is 640 g/mol. The molecule has 44 heavy (non-hydrogen) atoms. The minimum atomic E-state index is -5.88. The quantitative estimate of drug-likeness (QED) is 0.110. The van der Waals surface area contributed by atoms with E-state index in [4.69, 9.17) is 20.3 Å². The fourth-order valence-corrected chi connectivity index (χ4v) is 7.13. The van der Waals surface area contributed by atoms with E-state index in [2.05, 4.69) is 15.0 Å². The standard InChI is InChI=1S/C10H13N5O4.C10H16N2O11P2/c11-8-5-9(13-2-12-8)15(3-14-5)10-7(18)6(17)4(1-16)19-10;1-4-3-12(9(15)11-8(4)14)6-2-5(13)7(23-6)10(16,24(17,18)19)25(20,21)22/h2-4,6-7,10,16-18H,1H2,(H2,11,12,13);3,5-7,13,16H,2H2,1H3,(H,11,14,15)(H2,17,18,19)(H2,20,21,22)/t4-,6-,7-,10-;5-,6+,7-/m10/s1. The molecule has 3 aromatic rings. The number of nitrogens with zero attached hydrogens (tertiary/aromatic N) is 5. The second-order valence-electron chi connectivity index (χ2n) is 9.88. The third kappa shape index (κ3) is 5.88. The number of H-pyrrole nitrogens is 1. The summed E-state index contributed by atoms with van der Waals surface area (Å²) in [6, 6.07) is 0. The van der Waals surface area contributed by atoms with Gasteiger partial charge in [-0.15, -0.1) is 0 Å². The summed E-state index contributed by atoms with van der Waals surface area (Å²) in [6.07, 6.45) is -6.67. The number of anilines is 1. The maximum atomic E-state index is 11.8. The van der Waals surface area contributed by atoms with E-state index in [1.165, 1.54) is 24.1 Å². The molecule has 0 unspecified atom stereocenters. The molecular formula is C20H29N7O15P2. The second kappa shape index (κ2) is 12.1. The number of aromatic nitrogens is 6. The van der Waals surface area contributed by atoms with Gasteiger partial charge in [-0.2, -0.15) is 0 Å². The Kier molecular flexibility index (Phi) is 9.33. The van der Waals surface area contributed by atoms with Crippen molar-refractivity contribution in [1.29, 1.82) is 0 Å². The number of nitrogens with two attached hydrogens (primary N) is 1. The first-order valence-electron chi connectivity index (χ1n) is 12.4. The normalized spacial score (nSPS) is 27.8. The van der Waals surface area contributed by atoms with Crippen molar-refractivity contribution in [2.75, 3.05) is 12.3 Å². The average Bonchev–Trinajstić information content (AvgIpc) is 3.61. The zero-order chi connectivity index (χ0) is 32.9. The number of aromatic amines is 1. The van der Waals surface area contributed by atoms with Crippen LogP contribution in [0.25, 0.3) is 11.2 Å². The predicted molar refractivity (Wildman–Crippen MR) is 142 cm³/mol. The molecule has 5 heterocycles. The molecule has 12 N–H and O–H groups in total. The van der Waals surface area contributed by atoms with Crippen LogP contribution >= 0.6 is 15.2 Å². The lowest BCUT2D eigenvalue weighted by Crippen LogP contribution is -2.47. The summed E-state index contributed by atoms with van der Waals surface area (Å²) in [5, 5.41) is 44.7. The summed E-state index contributed by atoms with van der Waals surface area (Å²) in [5.41, 5.74) is 4.84. The average molecular weight is 669 g/mol. The van der Waals surface area contributed by atoms with Crippen LogP contribution in [0.15, 0.2) is 28.4 Å². The van der Waals surface area contributed by atoms with Gasteiger partial charge in [0.15, 0.2) is 17.7 Å².